The molecule has 3 N–H and O–H groups in total. The minimum absolute atomic E-state index is 0.279. The van der Waals surface area contributed by atoms with Crippen molar-refractivity contribution in [3.05, 3.63) is 0 Å². The van der Waals surface area contributed by atoms with Crippen molar-refractivity contribution in [1.29, 1.82) is 0 Å². The Balaban J connectivity index is 2.09. The van der Waals surface area contributed by atoms with Crippen LogP contribution in [0.15, 0.2) is 0 Å². The quantitative estimate of drug-likeness (QED) is 0.445. The van der Waals surface area contributed by atoms with Crippen LogP contribution in [0.3, 0.4) is 0 Å². The van der Waals surface area contributed by atoms with E-state index in [-0.39, 0.29) is 6.61 Å². The fraction of sp³-hybridized carbons (Fsp3) is 1.00. The van der Waals surface area contributed by atoms with Gasteiger partial charge < -0.3 is 10.8 Å². The Bertz CT molecular complexity index is 53.5. The maximum absolute atomic E-state index is 8.30. The van der Waals surface area contributed by atoms with E-state index >= 15 is 0 Å². The monoisotopic (exact) mass is 87.1 g/mol. The predicted molar refractivity (Wildman–Crippen MR) is 23.2 cm³/mol. The average molecular weight is 87.1 g/mol. The van der Waals surface area contributed by atoms with Crippen molar-refractivity contribution in [2.24, 2.45) is 11.7 Å². The minimum Gasteiger partial charge on any atom is -0.396 e. The number of hydrogen-bond acceptors (Lipinski definition) is 2. The SMILES string of the molecule is N[C@@H]1C[C@@H]1CO. The molecule has 0 aromatic heterocycles. The summed E-state index contributed by atoms with van der Waals surface area (Å²) < 4.78 is 0. The van der Waals surface area contributed by atoms with Crippen molar-refractivity contribution >= 4 is 0 Å². The molecule has 0 unspecified atom stereocenters. The lowest BCUT2D eigenvalue weighted by Gasteiger charge is -1.79. The molecule has 2 heteroatoms. The number of hydrogen-bond donors (Lipinski definition) is 2. The Kier molecular flexibility index (Phi) is 0.821. The van der Waals surface area contributed by atoms with E-state index in [0.29, 0.717) is 12.0 Å². The van der Waals surface area contributed by atoms with E-state index in [1.165, 1.54) is 0 Å². The predicted octanol–water partition coefficient (Wildman–Crippen LogP) is -0.674. The molecule has 0 spiro atoms. The second-order valence-electron chi connectivity index (χ2n) is 1.84. The zero-order chi connectivity index (χ0) is 4.57. The minimum atomic E-state index is 0.279. The highest BCUT2D eigenvalue weighted by atomic mass is 16.3. The molecule has 0 aromatic carbocycles. The van der Waals surface area contributed by atoms with Crippen LogP contribution in [0.5, 0.6) is 0 Å². The number of rotatable bonds is 1. The largest absolute Gasteiger partial charge is 0.396 e. The smallest absolute Gasteiger partial charge is 0.0474 e. The molecule has 1 aliphatic rings. The van der Waals surface area contributed by atoms with Gasteiger partial charge in [-0.05, 0) is 12.3 Å². The molecule has 0 aliphatic heterocycles. The van der Waals surface area contributed by atoms with Gasteiger partial charge in [0.2, 0.25) is 0 Å². The lowest BCUT2D eigenvalue weighted by atomic mass is 10.4. The topological polar surface area (TPSA) is 46.2 Å². The van der Waals surface area contributed by atoms with E-state index in [1.54, 1.807) is 0 Å². The molecule has 0 saturated heterocycles. The molecular weight excluding hydrogens is 78.0 g/mol. The van der Waals surface area contributed by atoms with Crippen molar-refractivity contribution < 1.29 is 5.11 Å². The summed E-state index contributed by atoms with van der Waals surface area (Å²) in [6, 6.07) is 0.315. The summed E-state index contributed by atoms with van der Waals surface area (Å²) >= 11 is 0. The van der Waals surface area contributed by atoms with Crippen LogP contribution in [0, 0.1) is 5.92 Å². The second-order valence-corrected chi connectivity index (χ2v) is 1.84. The van der Waals surface area contributed by atoms with Gasteiger partial charge in [0.05, 0.1) is 0 Å². The van der Waals surface area contributed by atoms with Crippen LogP contribution in [0.4, 0.5) is 0 Å². The molecule has 1 saturated carbocycles. The third-order valence-corrected chi connectivity index (χ3v) is 1.21. The molecule has 2 atom stereocenters. The normalized spacial score (nSPS) is 43.0. The number of nitrogens with two attached hydrogens (primary N) is 1. The van der Waals surface area contributed by atoms with Gasteiger partial charge in [-0.2, -0.15) is 0 Å². The molecule has 0 amide bonds. The molecule has 0 radical (unpaired) electrons. The molecule has 1 rings (SSSR count). The second kappa shape index (κ2) is 1.21. The molecule has 0 bridgehead atoms. The van der Waals surface area contributed by atoms with Gasteiger partial charge in [-0.25, -0.2) is 0 Å². The van der Waals surface area contributed by atoms with Crippen molar-refractivity contribution in [3.8, 4) is 0 Å². The van der Waals surface area contributed by atoms with Gasteiger partial charge in [0.25, 0.3) is 0 Å². The summed E-state index contributed by atoms with van der Waals surface area (Å²) in [7, 11) is 0. The number of aliphatic hydroxyl groups is 1. The zero-order valence-corrected chi connectivity index (χ0v) is 3.59. The van der Waals surface area contributed by atoms with Crippen LogP contribution < -0.4 is 5.73 Å². The molecule has 2 nitrogen and oxygen atoms in total. The van der Waals surface area contributed by atoms with E-state index in [1.807, 2.05) is 0 Å². The summed E-state index contributed by atoms with van der Waals surface area (Å²) in [4.78, 5) is 0. The van der Waals surface area contributed by atoms with Gasteiger partial charge in [-0.15, -0.1) is 0 Å². The lowest BCUT2D eigenvalue weighted by Crippen LogP contribution is -2.03. The van der Waals surface area contributed by atoms with Crippen molar-refractivity contribution in [1.82, 2.24) is 0 Å². The molecule has 0 aromatic rings. The third-order valence-electron chi connectivity index (χ3n) is 1.21. The van der Waals surface area contributed by atoms with Crippen molar-refractivity contribution in [3.63, 3.8) is 0 Å². The molecule has 6 heavy (non-hydrogen) atoms. The van der Waals surface area contributed by atoms with Crippen molar-refractivity contribution in [2.75, 3.05) is 6.61 Å². The molecular formula is C4H9NO. The highest BCUT2D eigenvalue weighted by Gasteiger charge is 2.31. The van der Waals surface area contributed by atoms with Crippen LogP contribution in [0.25, 0.3) is 0 Å². The van der Waals surface area contributed by atoms with Crippen LogP contribution in [0.2, 0.25) is 0 Å². The Labute approximate surface area is 37.0 Å². The molecule has 1 aliphatic carbocycles. The highest BCUT2D eigenvalue weighted by Crippen LogP contribution is 2.25. The first-order valence-corrected chi connectivity index (χ1v) is 2.21. The molecule has 36 valence electrons. The average Bonchev–Trinajstić information content (AvgIpc) is 2.19. The van der Waals surface area contributed by atoms with Crippen LogP contribution in [-0.4, -0.2) is 17.8 Å². The first-order valence-electron chi connectivity index (χ1n) is 2.21. The fourth-order valence-corrected chi connectivity index (χ4v) is 0.481. The lowest BCUT2D eigenvalue weighted by molar-refractivity contribution is 0.274. The summed E-state index contributed by atoms with van der Waals surface area (Å²) in [5, 5.41) is 8.30. The Morgan fingerprint density at radius 1 is 1.83 bits per heavy atom. The zero-order valence-electron chi connectivity index (χ0n) is 3.59. The van der Waals surface area contributed by atoms with Gasteiger partial charge in [0.15, 0.2) is 0 Å². The summed E-state index contributed by atoms with van der Waals surface area (Å²) in [5.74, 6) is 0.435. The van der Waals surface area contributed by atoms with Gasteiger partial charge in [0.1, 0.15) is 0 Å². The van der Waals surface area contributed by atoms with Crippen LogP contribution >= 0.6 is 0 Å². The van der Waals surface area contributed by atoms with Gasteiger partial charge in [-0.1, -0.05) is 0 Å². The third kappa shape index (κ3) is 0.533. The van der Waals surface area contributed by atoms with E-state index < -0.39 is 0 Å². The molecule has 0 heterocycles. The first kappa shape index (κ1) is 4.09. The maximum Gasteiger partial charge on any atom is 0.0474 e. The maximum atomic E-state index is 8.30. The summed E-state index contributed by atoms with van der Waals surface area (Å²) in [5.41, 5.74) is 5.32. The summed E-state index contributed by atoms with van der Waals surface area (Å²) in [6.45, 7) is 0.279. The Hall–Kier alpha value is -0.0800. The van der Waals surface area contributed by atoms with E-state index in [2.05, 4.69) is 0 Å². The van der Waals surface area contributed by atoms with Crippen LogP contribution in [-0.2, 0) is 0 Å². The first-order chi connectivity index (χ1) is 2.84. The Morgan fingerprint density at radius 3 is 2.33 bits per heavy atom. The van der Waals surface area contributed by atoms with E-state index in [9.17, 15) is 0 Å². The fourth-order valence-electron chi connectivity index (χ4n) is 0.481. The standard InChI is InChI=1S/C4H9NO/c5-4-1-3(4)2-6/h3-4,6H,1-2,5H2/t3-,4-/m1/s1. The van der Waals surface area contributed by atoms with Gasteiger partial charge >= 0.3 is 0 Å². The van der Waals surface area contributed by atoms with Crippen LogP contribution in [0.1, 0.15) is 6.42 Å². The Morgan fingerprint density at radius 2 is 2.33 bits per heavy atom. The number of aliphatic hydroxyl groups excluding tert-OH is 1. The summed E-state index contributed by atoms with van der Waals surface area (Å²) in [6.07, 6.45) is 1.02. The van der Waals surface area contributed by atoms with Crippen molar-refractivity contribution in [2.45, 2.75) is 12.5 Å². The molecule has 1 fully saturated rings. The van der Waals surface area contributed by atoms with Gasteiger partial charge in [-0.3, -0.25) is 0 Å². The van der Waals surface area contributed by atoms with E-state index in [0.717, 1.165) is 6.42 Å². The van der Waals surface area contributed by atoms with E-state index in [4.69, 9.17) is 10.8 Å². The highest BCUT2D eigenvalue weighted by molar-refractivity contribution is 4.88. The van der Waals surface area contributed by atoms with Gasteiger partial charge in [0, 0.05) is 12.6 Å².